The highest BCUT2D eigenvalue weighted by molar-refractivity contribution is 5.95. The Kier molecular flexibility index (Phi) is 5.06. The first-order valence-electron chi connectivity index (χ1n) is 8.63. The van der Waals surface area contributed by atoms with Gasteiger partial charge in [-0.2, -0.15) is 0 Å². The zero-order valence-corrected chi connectivity index (χ0v) is 13.8. The lowest BCUT2D eigenvalue weighted by Crippen LogP contribution is -2.28. The van der Waals surface area contributed by atoms with E-state index in [1.54, 1.807) is 6.20 Å². The number of carbonyl (C=O) groups is 1. The lowest BCUT2D eigenvalue weighted by atomic mass is 10.0. The summed E-state index contributed by atoms with van der Waals surface area (Å²) in [6.07, 6.45) is 9.88. The Morgan fingerprint density at radius 3 is 2.87 bits per heavy atom. The first-order valence-corrected chi connectivity index (χ1v) is 8.63. The smallest absolute Gasteiger partial charge is 0.226 e. The minimum absolute atomic E-state index is 0.272. The van der Waals surface area contributed by atoms with Crippen molar-refractivity contribution in [2.24, 2.45) is 0 Å². The molecule has 0 fully saturated rings. The Labute approximate surface area is 138 Å². The van der Waals surface area contributed by atoms with E-state index in [-0.39, 0.29) is 5.91 Å². The fourth-order valence-corrected chi connectivity index (χ4v) is 3.21. The summed E-state index contributed by atoms with van der Waals surface area (Å²) in [4.78, 5) is 18.6. The van der Waals surface area contributed by atoms with Crippen molar-refractivity contribution in [1.29, 1.82) is 0 Å². The van der Waals surface area contributed by atoms with Crippen LogP contribution in [-0.4, -0.2) is 17.4 Å². The number of fused-ring (bicyclic) bond motifs is 1. The van der Waals surface area contributed by atoms with Crippen molar-refractivity contribution in [3.8, 4) is 11.1 Å². The molecule has 0 unspecified atom stereocenters. The van der Waals surface area contributed by atoms with Crippen molar-refractivity contribution in [3.05, 3.63) is 48.3 Å². The molecule has 3 nitrogen and oxygen atoms in total. The van der Waals surface area contributed by atoms with Gasteiger partial charge in [0.1, 0.15) is 0 Å². The van der Waals surface area contributed by atoms with Gasteiger partial charge < -0.3 is 4.90 Å². The lowest BCUT2D eigenvalue weighted by molar-refractivity contribution is -0.118. The summed E-state index contributed by atoms with van der Waals surface area (Å²) in [6.45, 7) is 3.01. The monoisotopic (exact) mass is 308 g/mol. The Hall–Kier alpha value is -2.16. The Bertz CT molecular complexity index is 667. The van der Waals surface area contributed by atoms with Crippen molar-refractivity contribution in [1.82, 2.24) is 4.98 Å². The molecule has 3 heteroatoms. The highest BCUT2D eigenvalue weighted by Crippen LogP contribution is 2.32. The minimum Gasteiger partial charge on any atom is -0.312 e. The fourth-order valence-electron chi connectivity index (χ4n) is 3.21. The van der Waals surface area contributed by atoms with E-state index in [1.807, 2.05) is 17.2 Å². The molecule has 0 aliphatic carbocycles. The summed E-state index contributed by atoms with van der Waals surface area (Å²) in [7, 11) is 0. The maximum atomic E-state index is 12.4. The molecule has 1 amide bonds. The van der Waals surface area contributed by atoms with E-state index in [4.69, 9.17) is 0 Å². The Balaban J connectivity index is 1.70. The van der Waals surface area contributed by atoms with Crippen LogP contribution in [0, 0.1) is 0 Å². The van der Waals surface area contributed by atoms with Gasteiger partial charge in [-0.25, -0.2) is 0 Å². The van der Waals surface area contributed by atoms with Crippen LogP contribution in [0.25, 0.3) is 11.1 Å². The van der Waals surface area contributed by atoms with Crippen molar-refractivity contribution in [2.45, 2.75) is 45.4 Å². The SMILES string of the molecule is CCCCCCC(=O)N1CCc2cc(-c3cccnc3)ccc21. The molecule has 1 aromatic carbocycles. The number of unbranched alkanes of at least 4 members (excludes halogenated alkanes) is 3. The second-order valence-electron chi connectivity index (χ2n) is 6.19. The van der Waals surface area contributed by atoms with Crippen LogP contribution >= 0.6 is 0 Å². The third-order valence-corrected chi connectivity index (χ3v) is 4.52. The van der Waals surface area contributed by atoms with Gasteiger partial charge in [0.25, 0.3) is 0 Å². The van der Waals surface area contributed by atoms with Gasteiger partial charge in [-0.3, -0.25) is 9.78 Å². The Morgan fingerprint density at radius 2 is 2.09 bits per heavy atom. The predicted octanol–water partition coefficient (Wildman–Crippen LogP) is 4.61. The average Bonchev–Trinajstić information content (AvgIpc) is 3.02. The number of aromatic nitrogens is 1. The summed E-state index contributed by atoms with van der Waals surface area (Å²) < 4.78 is 0. The summed E-state index contributed by atoms with van der Waals surface area (Å²) >= 11 is 0. The molecule has 0 bridgehead atoms. The van der Waals surface area contributed by atoms with Crippen LogP contribution in [0.3, 0.4) is 0 Å². The van der Waals surface area contributed by atoms with E-state index >= 15 is 0 Å². The van der Waals surface area contributed by atoms with E-state index < -0.39 is 0 Å². The normalized spacial score (nSPS) is 13.2. The number of rotatable bonds is 6. The van der Waals surface area contributed by atoms with E-state index in [9.17, 15) is 4.79 Å². The molecule has 0 N–H and O–H groups in total. The number of nitrogens with zero attached hydrogens (tertiary/aromatic N) is 2. The highest BCUT2D eigenvalue weighted by atomic mass is 16.2. The molecular formula is C20H24N2O. The number of carbonyl (C=O) groups excluding carboxylic acids is 1. The van der Waals surface area contributed by atoms with Gasteiger partial charge in [0.15, 0.2) is 0 Å². The highest BCUT2D eigenvalue weighted by Gasteiger charge is 2.24. The van der Waals surface area contributed by atoms with Gasteiger partial charge in [-0.05, 0) is 47.7 Å². The average molecular weight is 308 g/mol. The lowest BCUT2D eigenvalue weighted by Gasteiger charge is -2.17. The number of amides is 1. The predicted molar refractivity (Wildman–Crippen MR) is 94.5 cm³/mol. The number of hydrogen-bond acceptors (Lipinski definition) is 2. The molecule has 0 radical (unpaired) electrons. The molecule has 0 saturated carbocycles. The largest absolute Gasteiger partial charge is 0.312 e. The fraction of sp³-hybridized carbons (Fsp3) is 0.400. The molecule has 0 atom stereocenters. The van der Waals surface area contributed by atoms with Crippen LogP contribution < -0.4 is 4.90 Å². The molecule has 3 rings (SSSR count). The van der Waals surface area contributed by atoms with Gasteiger partial charge in [0.2, 0.25) is 5.91 Å². The van der Waals surface area contributed by atoms with Crippen molar-refractivity contribution < 1.29 is 4.79 Å². The summed E-state index contributed by atoms with van der Waals surface area (Å²) in [6, 6.07) is 10.4. The molecule has 2 heterocycles. The molecule has 0 saturated heterocycles. The maximum absolute atomic E-state index is 12.4. The van der Waals surface area contributed by atoms with Gasteiger partial charge in [0, 0.05) is 31.0 Å². The van der Waals surface area contributed by atoms with Crippen LogP contribution in [-0.2, 0) is 11.2 Å². The van der Waals surface area contributed by atoms with Crippen LogP contribution in [0.4, 0.5) is 5.69 Å². The quantitative estimate of drug-likeness (QED) is 0.730. The van der Waals surface area contributed by atoms with Crippen molar-refractivity contribution >= 4 is 11.6 Å². The molecule has 1 aromatic heterocycles. The van der Waals surface area contributed by atoms with Crippen LogP contribution in [0.2, 0.25) is 0 Å². The van der Waals surface area contributed by atoms with Gasteiger partial charge in [0.05, 0.1) is 0 Å². The third kappa shape index (κ3) is 3.61. The second-order valence-corrected chi connectivity index (χ2v) is 6.19. The number of pyridine rings is 1. The van der Waals surface area contributed by atoms with E-state index in [0.29, 0.717) is 6.42 Å². The van der Waals surface area contributed by atoms with Crippen LogP contribution in [0.1, 0.15) is 44.6 Å². The molecular weight excluding hydrogens is 284 g/mol. The Morgan fingerprint density at radius 1 is 1.17 bits per heavy atom. The van der Waals surface area contributed by atoms with Crippen molar-refractivity contribution in [3.63, 3.8) is 0 Å². The first kappa shape index (κ1) is 15.7. The van der Waals surface area contributed by atoms with Crippen molar-refractivity contribution in [2.75, 3.05) is 11.4 Å². The number of hydrogen-bond donors (Lipinski definition) is 0. The molecule has 1 aliphatic rings. The van der Waals surface area contributed by atoms with Gasteiger partial charge >= 0.3 is 0 Å². The summed E-state index contributed by atoms with van der Waals surface area (Å²) in [5.41, 5.74) is 4.67. The first-order chi connectivity index (χ1) is 11.3. The van der Waals surface area contributed by atoms with Gasteiger partial charge in [-0.15, -0.1) is 0 Å². The summed E-state index contributed by atoms with van der Waals surface area (Å²) in [5.74, 6) is 0.272. The van der Waals surface area contributed by atoms with Crippen LogP contribution in [0.5, 0.6) is 0 Å². The topological polar surface area (TPSA) is 33.2 Å². The zero-order chi connectivity index (χ0) is 16.1. The third-order valence-electron chi connectivity index (χ3n) is 4.52. The molecule has 23 heavy (non-hydrogen) atoms. The molecule has 2 aromatic rings. The standard InChI is InChI=1S/C20H24N2O/c1-2-3-4-5-8-20(23)22-13-11-17-14-16(9-10-19(17)22)18-7-6-12-21-15-18/h6-7,9-10,12,14-15H,2-5,8,11,13H2,1H3. The zero-order valence-electron chi connectivity index (χ0n) is 13.8. The molecule has 120 valence electrons. The van der Waals surface area contributed by atoms with E-state index in [0.717, 1.165) is 37.1 Å². The van der Waals surface area contributed by atoms with E-state index in [1.165, 1.54) is 24.0 Å². The van der Waals surface area contributed by atoms with Crippen LogP contribution in [0.15, 0.2) is 42.7 Å². The molecule has 1 aliphatic heterocycles. The second kappa shape index (κ2) is 7.40. The molecule has 0 spiro atoms. The number of anilines is 1. The van der Waals surface area contributed by atoms with E-state index in [2.05, 4.69) is 36.2 Å². The maximum Gasteiger partial charge on any atom is 0.226 e. The minimum atomic E-state index is 0.272. The summed E-state index contributed by atoms with van der Waals surface area (Å²) in [5, 5.41) is 0. The van der Waals surface area contributed by atoms with Gasteiger partial charge in [-0.1, -0.05) is 38.3 Å². The number of benzene rings is 1.